The third-order valence-corrected chi connectivity index (χ3v) is 3.52. The largest absolute Gasteiger partial charge is 0.393 e. The molecular weight excluding hydrogens is 378 g/mol. The van der Waals surface area contributed by atoms with Gasteiger partial charge in [0.2, 0.25) is 0 Å². The van der Waals surface area contributed by atoms with Crippen molar-refractivity contribution in [2.75, 3.05) is 18.0 Å². The van der Waals surface area contributed by atoms with Crippen molar-refractivity contribution in [3.05, 3.63) is 21.2 Å². The number of rotatable bonds is 6. The maximum absolute atomic E-state index is 5.58. The van der Waals surface area contributed by atoms with Crippen LogP contribution in [0.3, 0.4) is 0 Å². The van der Waals surface area contributed by atoms with E-state index >= 15 is 0 Å². The van der Waals surface area contributed by atoms with Crippen LogP contribution in [0.4, 0.5) is 5.82 Å². The lowest BCUT2D eigenvalue weighted by Crippen LogP contribution is -2.31. The van der Waals surface area contributed by atoms with Crippen LogP contribution in [-0.2, 0) is 0 Å². The molecule has 0 fully saturated rings. The maximum atomic E-state index is 5.58. The first kappa shape index (κ1) is 15.9. The Labute approximate surface area is 130 Å². The van der Waals surface area contributed by atoms with Crippen LogP contribution in [0.2, 0.25) is 0 Å². The molecule has 0 saturated heterocycles. The minimum Gasteiger partial charge on any atom is -0.393 e. The van der Waals surface area contributed by atoms with E-state index < -0.39 is 0 Å². The van der Waals surface area contributed by atoms with Crippen molar-refractivity contribution in [1.29, 1.82) is 0 Å². The summed E-state index contributed by atoms with van der Waals surface area (Å²) < 4.78 is 1.93. The van der Waals surface area contributed by atoms with Crippen molar-refractivity contribution in [2.45, 2.75) is 20.3 Å². The van der Waals surface area contributed by atoms with Crippen LogP contribution < -0.4 is 10.6 Å². The molecule has 0 aliphatic carbocycles. The highest BCUT2D eigenvalue weighted by Gasteiger charge is 2.13. The molecule has 0 aromatic carbocycles. The molecule has 0 spiro atoms. The first-order valence-corrected chi connectivity index (χ1v) is 7.74. The molecule has 3 nitrogen and oxygen atoms in total. The number of nitrogens with two attached hydrogens (primary N) is 1. The second kappa shape index (κ2) is 7.40. The summed E-state index contributed by atoms with van der Waals surface area (Å²) >= 11 is 11.9. The molecule has 1 aromatic rings. The Morgan fingerprint density at radius 2 is 2.17 bits per heavy atom. The van der Waals surface area contributed by atoms with Crippen LogP contribution in [0.5, 0.6) is 0 Å². The number of pyridine rings is 1. The molecule has 18 heavy (non-hydrogen) atoms. The smallest absolute Gasteiger partial charge is 0.142 e. The Bertz CT molecular complexity index is 424. The first-order chi connectivity index (χ1) is 8.40. The Morgan fingerprint density at radius 3 is 2.67 bits per heavy atom. The molecule has 0 atom stereocenters. The lowest BCUT2D eigenvalue weighted by Gasteiger charge is -2.26. The number of thiocarbonyl (C=S) groups is 1. The summed E-state index contributed by atoms with van der Waals surface area (Å²) in [7, 11) is 0. The minimum absolute atomic E-state index is 0.539. The van der Waals surface area contributed by atoms with Gasteiger partial charge in [0.1, 0.15) is 5.82 Å². The topological polar surface area (TPSA) is 42.1 Å². The maximum Gasteiger partial charge on any atom is 0.142 e. The Kier molecular flexibility index (Phi) is 6.52. The van der Waals surface area contributed by atoms with Gasteiger partial charge in [0.15, 0.2) is 0 Å². The van der Waals surface area contributed by atoms with E-state index in [-0.39, 0.29) is 0 Å². The number of hydrogen-bond acceptors (Lipinski definition) is 3. The Morgan fingerprint density at radius 1 is 1.50 bits per heavy atom. The quantitative estimate of drug-likeness (QED) is 0.746. The molecule has 0 aliphatic heterocycles. The number of aromatic nitrogens is 1. The van der Waals surface area contributed by atoms with Gasteiger partial charge in [-0.15, -0.1) is 0 Å². The van der Waals surface area contributed by atoms with E-state index in [4.69, 9.17) is 18.0 Å². The second-order valence-electron chi connectivity index (χ2n) is 4.52. The molecule has 2 N–H and O–H groups in total. The first-order valence-electron chi connectivity index (χ1n) is 5.74. The fourth-order valence-corrected chi connectivity index (χ4v) is 2.94. The fraction of sp³-hybridized carbons (Fsp3) is 0.500. The van der Waals surface area contributed by atoms with E-state index in [2.05, 4.69) is 55.6 Å². The van der Waals surface area contributed by atoms with Crippen LogP contribution in [0, 0.1) is 5.92 Å². The predicted molar refractivity (Wildman–Crippen MR) is 88.1 cm³/mol. The molecule has 0 amide bonds. The van der Waals surface area contributed by atoms with E-state index in [0.29, 0.717) is 17.3 Å². The molecule has 6 heteroatoms. The molecule has 1 heterocycles. The zero-order valence-corrected chi connectivity index (χ0v) is 14.5. The molecule has 100 valence electrons. The van der Waals surface area contributed by atoms with Crippen LogP contribution in [-0.4, -0.2) is 23.1 Å². The third-order valence-electron chi connectivity index (χ3n) is 2.30. The summed E-state index contributed by atoms with van der Waals surface area (Å²) in [6.45, 7) is 6.08. The lowest BCUT2D eigenvalue weighted by atomic mass is 10.2. The van der Waals surface area contributed by atoms with Crippen molar-refractivity contribution in [3.63, 3.8) is 0 Å². The van der Waals surface area contributed by atoms with Gasteiger partial charge in [-0.3, -0.25) is 0 Å². The summed E-state index contributed by atoms with van der Waals surface area (Å²) in [5, 5.41) is 0. The van der Waals surface area contributed by atoms with E-state index in [1.54, 1.807) is 6.20 Å². The van der Waals surface area contributed by atoms with Gasteiger partial charge in [-0.2, -0.15) is 0 Å². The van der Waals surface area contributed by atoms with E-state index in [1.165, 1.54) is 0 Å². The molecular formula is C12H17Br2N3S. The normalized spacial score (nSPS) is 10.7. The van der Waals surface area contributed by atoms with Crippen molar-refractivity contribution < 1.29 is 0 Å². The van der Waals surface area contributed by atoms with Gasteiger partial charge in [-0.05, 0) is 43.8 Å². The number of halogens is 2. The molecule has 0 unspecified atom stereocenters. The monoisotopic (exact) mass is 393 g/mol. The van der Waals surface area contributed by atoms with Gasteiger partial charge in [0.25, 0.3) is 0 Å². The number of hydrogen-bond donors (Lipinski definition) is 1. The van der Waals surface area contributed by atoms with E-state index in [0.717, 1.165) is 27.9 Å². The summed E-state index contributed by atoms with van der Waals surface area (Å²) in [6, 6.07) is 2.00. The summed E-state index contributed by atoms with van der Waals surface area (Å²) in [5.41, 5.74) is 5.58. The van der Waals surface area contributed by atoms with Crippen molar-refractivity contribution in [3.8, 4) is 0 Å². The molecule has 0 radical (unpaired) electrons. The molecule has 1 rings (SSSR count). The Hall–Kier alpha value is -0.200. The minimum atomic E-state index is 0.539. The standard InChI is InChI=1S/C12H17Br2N3S/c1-8(2)7-17(4-3-11(15)18)12-10(14)5-9(13)6-16-12/h5-6,8H,3-4,7H2,1-2H3,(H2,15,18). The van der Waals surface area contributed by atoms with Gasteiger partial charge in [0, 0.05) is 30.2 Å². The number of anilines is 1. The van der Waals surface area contributed by atoms with Gasteiger partial charge in [0.05, 0.1) is 9.46 Å². The molecule has 0 bridgehead atoms. The molecule has 1 aromatic heterocycles. The van der Waals surface area contributed by atoms with Crippen LogP contribution in [0.15, 0.2) is 21.2 Å². The molecule has 0 aliphatic rings. The van der Waals surface area contributed by atoms with Crippen LogP contribution in [0.25, 0.3) is 0 Å². The van der Waals surface area contributed by atoms with Gasteiger partial charge >= 0.3 is 0 Å². The van der Waals surface area contributed by atoms with Crippen molar-refractivity contribution >= 4 is 54.9 Å². The van der Waals surface area contributed by atoms with E-state index in [9.17, 15) is 0 Å². The summed E-state index contributed by atoms with van der Waals surface area (Å²) in [6.07, 6.45) is 2.50. The van der Waals surface area contributed by atoms with Gasteiger partial charge < -0.3 is 10.6 Å². The number of nitrogens with zero attached hydrogens (tertiary/aromatic N) is 2. The zero-order chi connectivity index (χ0) is 13.7. The van der Waals surface area contributed by atoms with Gasteiger partial charge in [-0.25, -0.2) is 4.98 Å². The average Bonchev–Trinajstić information content (AvgIpc) is 2.24. The lowest BCUT2D eigenvalue weighted by molar-refractivity contribution is 0.608. The highest BCUT2D eigenvalue weighted by Crippen LogP contribution is 2.27. The highest BCUT2D eigenvalue weighted by atomic mass is 79.9. The third kappa shape index (κ3) is 5.20. The van der Waals surface area contributed by atoms with Crippen molar-refractivity contribution in [2.24, 2.45) is 11.7 Å². The fourth-order valence-electron chi connectivity index (χ4n) is 1.61. The van der Waals surface area contributed by atoms with Gasteiger partial charge in [-0.1, -0.05) is 26.1 Å². The summed E-state index contributed by atoms with van der Waals surface area (Å²) in [5.74, 6) is 1.48. The Balaban J connectivity index is 2.89. The average molecular weight is 395 g/mol. The second-order valence-corrected chi connectivity index (χ2v) is 6.81. The zero-order valence-electron chi connectivity index (χ0n) is 10.5. The highest BCUT2D eigenvalue weighted by molar-refractivity contribution is 9.11. The molecule has 0 saturated carbocycles. The SMILES string of the molecule is CC(C)CN(CCC(N)=S)c1ncc(Br)cc1Br. The van der Waals surface area contributed by atoms with Crippen LogP contribution in [0.1, 0.15) is 20.3 Å². The predicted octanol–water partition coefficient (Wildman–Crippen LogP) is 3.75. The van der Waals surface area contributed by atoms with Crippen molar-refractivity contribution in [1.82, 2.24) is 4.98 Å². The van der Waals surface area contributed by atoms with Crippen LogP contribution >= 0.6 is 44.1 Å². The van der Waals surface area contributed by atoms with E-state index in [1.807, 2.05) is 6.07 Å². The summed E-state index contributed by atoms with van der Waals surface area (Å²) in [4.78, 5) is 7.20.